The number of benzene rings is 6. The predicted octanol–water partition coefficient (Wildman–Crippen LogP) is 8.21. The van der Waals surface area contributed by atoms with Gasteiger partial charge in [0.25, 0.3) is 0 Å². The standard InChI is InChI=1S/C39H23BN4O2/c1-2-12-24(13-3-1)40-28-17-5-4-14-25(28)26-15-11-23-34-35(26)44(40)38-37(45-34)27-16-10-22-33(36(27)46-38)43-32-21-9-8-20-31(32)42-30-19-7-6-18-29(30)41-39(42)43/h1-23H. The SMILES string of the molecule is c1ccc(B2c3ccccc3-c3cccc4c3N2c2oc3c(-n5c6ccccc6n6c7ccccc7nc56)cccc3c2O4)cc1. The van der Waals surface area contributed by atoms with E-state index in [9.17, 15) is 0 Å². The van der Waals surface area contributed by atoms with E-state index in [2.05, 4.69) is 147 Å². The highest BCUT2D eigenvalue weighted by Gasteiger charge is 2.44. The molecule has 7 heteroatoms. The summed E-state index contributed by atoms with van der Waals surface area (Å²) in [4.78, 5) is 7.47. The number of aromatic nitrogens is 3. The molecule has 0 bridgehead atoms. The second kappa shape index (κ2) is 8.70. The Morgan fingerprint density at radius 2 is 1.35 bits per heavy atom. The van der Waals surface area contributed by atoms with Crippen LogP contribution in [0, 0.1) is 0 Å². The molecule has 0 unspecified atom stereocenters. The molecule has 0 radical (unpaired) electrons. The highest BCUT2D eigenvalue weighted by molar-refractivity contribution is 6.91. The molecule has 6 nitrogen and oxygen atoms in total. The first-order valence-electron chi connectivity index (χ1n) is 15.5. The van der Waals surface area contributed by atoms with Gasteiger partial charge >= 0.3 is 6.85 Å². The summed E-state index contributed by atoms with van der Waals surface area (Å²) in [5.74, 6) is 3.08. The van der Waals surface area contributed by atoms with Gasteiger partial charge in [0.15, 0.2) is 17.1 Å². The zero-order valence-corrected chi connectivity index (χ0v) is 24.5. The van der Waals surface area contributed by atoms with E-state index in [1.165, 1.54) is 16.5 Å². The van der Waals surface area contributed by atoms with Crippen LogP contribution in [-0.2, 0) is 0 Å². The zero-order chi connectivity index (χ0) is 29.9. The second-order valence-electron chi connectivity index (χ2n) is 12.0. The topological polar surface area (TPSA) is 47.8 Å². The van der Waals surface area contributed by atoms with Crippen molar-refractivity contribution >= 4 is 68.2 Å². The molecule has 0 saturated carbocycles. The third-order valence-corrected chi connectivity index (χ3v) is 9.57. The third kappa shape index (κ3) is 2.99. The number of para-hydroxylation sites is 6. The second-order valence-corrected chi connectivity index (χ2v) is 12.0. The molecule has 0 amide bonds. The Kier molecular flexibility index (Phi) is 4.57. The smallest absolute Gasteiger partial charge is 0.332 e. The van der Waals surface area contributed by atoms with Gasteiger partial charge in [-0.3, -0.25) is 8.97 Å². The van der Waals surface area contributed by atoms with Gasteiger partial charge in [-0.25, -0.2) is 4.98 Å². The van der Waals surface area contributed by atoms with E-state index in [-0.39, 0.29) is 6.85 Å². The number of ether oxygens (including phenoxy) is 1. The Balaban J connectivity index is 1.23. The number of hydrogen-bond donors (Lipinski definition) is 0. The van der Waals surface area contributed by atoms with E-state index in [0.29, 0.717) is 5.88 Å². The molecule has 214 valence electrons. The summed E-state index contributed by atoms with van der Waals surface area (Å²) in [5, 5.41) is 0.918. The highest BCUT2D eigenvalue weighted by Crippen LogP contribution is 2.56. The Bertz CT molecular complexity index is 2710. The molecule has 0 N–H and O–H groups in total. The van der Waals surface area contributed by atoms with Crippen LogP contribution in [0.3, 0.4) is 0 Å². The molecule has 2 aliphatic rings. The third-order valence-electron chi connectivity index (χ3n) is 9.57. The van der Waals surface area contributed by atoms with Gasteiger partial charge < -0.3 is 14.0 Å². The summed E-state index contributed by atoms with van der Waals surface area (Å²) in [6.45, 7) is -0.102. The summed E-state index contributed by atoms with van der Waals surface area (Å²) in [5.41, 5.74) is 11.6. The first-order chi connectivity index (χ1) is 22.8. The molecule has 0 saturated heterocycles. The van der Waals surface area contributed by atoms with Gasteiger partial charge in [0, 0.05) is 5.56 Å². The van der Waals surface area contributed by atoms with Gasteiger partial charge in [-0.1, -0.05) is 103 Å². The van der Waals surface area contributed by atoms with Crippen LogP contribution in [0.25, 0.3) is 55.6 Å². The van der Waals surface area contributed by atoms with Crippen LogP contribution >= 0.6 is 0 Å². The van der Waals surface area contributed by atoms with Crippen LogP contribution in [0.1, 0.15) is 0 Å². The molecular weight excluding hydrogens is 567 g/mol. The molecule has 11 rings (SSSR count). The minimum atomic E-state index is -0.102. The molecule has 46 heavy (non-hydrogen) atoms. The number of imidazole rings is 2. The molecule has 0 aliphatic carbocycles. The fourth-order valence-corrected chi connectivity index (χ4v) is 7.70. The maximum absolute atomic E-state index is 7.08. The van der Waals surface area contributed by atoms with Gasteiger partial charge in [-0.2, -0.15) is 0 Å². The number of anilines is 2. The van der Waals surface area contributed by atoms with E-state index in [1.54, 1.807) is 0 Å². The monoisotopic (exact) mass is 590 g/mol. The molecule has 3 aromatic heterocycles. The van der Waals surface area contributed by atoms with Crippen molar-refractivity contribution in [2.45, 2.75) is 0 Å². The minimum Gasteiger partial charge on any atom is -0.449 e. The maximum Gasteiger partial charge on any atom is 0.332 e. The molecule has 2 aliphatic heterocycles. The van der Waals surface area contributed by atoms with Crippen molar-refractivity contribution in [2.24, 2.45) is 0 Å². The van der Waals surface area contributed by atoms with Gasteiger partial charge in [0.05, 0.1) is 38.8 Å². The van der Waals surface area contributed by atoms with E-state index in [0.717, 1.165) is 67.3 Å². The number of rotatable bonds is 2. The van der Waals surface area contributed by atoms with Crippen LogP contribution in [0.2, 0.25) is 0 Å². The molecule has 9 aromatic rings. The van der Waals surface area contributed by atoms with Crippen LogP contribution in [0.4, 0.5) is 11.6 Å². The molecule has 0 atom stereocenters. The largest absolute Gasteiger partial charge is 0.449 e. The van der Waals surface area contributed by atoms with Crippen LogP contribution in [-0.4, -0.2) is 20.8 Å². The lowest BCUT2D eigenvalue weighted by Crippen LogP contribution is -2.57. The van der Waals surface area contributed by atoms with Crippen molar-refractivity contribution in [1.82, 2.24) is 14.0 Å². The fourth-order valence-electron chi connectivity index (χ4n) is 7.70. The van der Waals surface area contributed by atoms with E-state index in [4.69, 9.17) is 14.1 Å². The number of nitrogens with zero attached hydrogens (tertiary/aromatic N) is 4. The average molecular weight is 590 g/mol. The predicted molar refractivity (Wildman–Crippen MR) is 185 cm³/mol. The van der Waals surface area contributed by atoms with Crippen molar-refractivity contribution in [3.63, 3.8) is 0 Å². The first-order valence-corrected chi connectivity index (χ1v) is 15.5. The summed E-state index contributed by atoms with van der Waals surface area (Å²) in [6.07, 6.45) is 0. The van der Waals surface area contributed by atoms with Crippen LogP contribution in [0.15, 0.2) is 144 Å². The lowest BCUT2D eigenvalue weighted by molar-refractivity contribution is 0.466. The van der Waals surface area contributed by atoms with Gasteiger partial charge in [0.1, 0.15) is 0 Å². The minimum absolute atomic E-state index is 0.102. The van der Waals surface area contributed by atoms with E-state index in [1.807, 2.05) is 6.07 Å². The number of hydrogen-bond acceptors (Lipinski definition) is 4. The Morgan fingerprint density at radius 3 is 2.26 bits per heavy atom. The quantitative estimate of drug-likeness (QED) is 0.191. The van der Waals surface area contributed by atoms with E-state index < -0.39 is 0 Å². The van der Waals surface area contributed by atoms with Gasteiger partial charge in [0.2, 0.25) is 11.7 Å². The van der Waals surface area contributed by atoms with Gasteiger partial charge in [-0.05, 0) is 53.5 Å². The number of furan rings is 1. The maximum atomic E-state index is 7.08. The summed E-state index contributed by atoms with van der Waals surface area (Å²) in [7, 11) is 0. The molecule has 5 heterocycles. The molecular formula is C39H23BN4O2. The van der Waals surface area contributed by atoms with Crippen molar-refractivity contribution in [1.29, 1.82) is 0 Å². The number of fused-ring (bicyclic) bond motifs is 11. The Labute approximate surface area is 263 Å². The summed E-state index contributed by atoms with van der Waals surface area (Å²) >= 11 is 0. The van der Waals surface area contributed by atoms with Crippen molar-refractivity contribution in [3.05, 3.63) is 140 Å². The summed E-state index contributed by atoms with van der Waals surface area (Å²) in [6, 6.07) is 48.7. The molecule has 0 spiro atoms. The highest BCUT2D eigenvalue weighted by atomic mass is 16.5. The van der Waals surface area contributed by atoms with Crippen molar-refractivity contribution in [2.75, 3.05) is 4.81 Å². The lowest BCUT2D eigenvalue weighted by atomic mass is 9.46. The normalized spacial score (nSPS) is 13.3. The van der Waals surface area contributed by atoms with Crippen molar-refractivity contribution < 1.29 is 9.15 Å². The van der Waals surface area contributed by atoms with E-state index >= 15 is 0 Å². The Morgan fingerprint density at radius 1 is 0.609 bits per heavy atom. The van der Waals surface area contributed by atoms with Crippen LogP contribution in [0.5, 0.6) is 11.5 Å². The van der Waals surface area contributed by atoms with Gasteiger partial charge in [-0.15, -0.1) is 0 Å². The zero-order valence-electron chi connectivity index (χ0n) is 24.5. The summed E-state index contributed by atoms with van der Waals surface area (Å²) < 4.78 is 18.3. The van der Waals surface area contributed by atoms with Crippen LogP contribution < -0.4 is 20.5 Å². The lowest BCUT2D eigenvalue weighted by Gasteiger charge is -2.40. The molecule has 0 fully saturated rings. The van der Waals surface area contributed by atoms with Crippen molar-refractivity contribution in [3.8, 4) is 28.3 Å². The average Bonchev–Trinajstić information content (AvgIpc) is 3.78. The fraction of sp³-hybridized carbons (Fsp3) is 0. The molecule has 6 aromatic carbocycles. The Hall–Kier alpha value is -6.21. The first kappa shape index (κ1) is 24.2.